The van der Waals surface area contributed by atoms with Gasteiger partial charge in [-0.05, 0) is 55.5 Å². The lowest BCUT2D eigenvalue weighted by Crippen LogP contribution is -2.43. The molecule has 2 amide bonds. The SMILES string of the molecule is CC(=O)c1cccc(NC(=O)[C@H]2CCCN(C(=O)c3ccc4cc[nH]c4c3)C2)c1. The molecule has 1 aliphatic rings. The average Bonchev–Trinajstić information content (AvgIpc) is 3.21. The maximum Gasteiger partial charge on any atom is 0.253 e. The van der Waals surface area contributed by atoms with E-state index in [0.29, 0.717) is 29.9 Å². The fraction of sp³-hybridized carbons (Fsp3) is 0.261. The minimum absolute atomic E-state index is 0.0467. The number of rotatable bonds is 4. The number of piperidine rings is 1. The number of aromatic amines is 1. The van der Waals surface area contributed by atoms with Crippen LogP contribution in [0, 0.1) is 5.92 Å². The van der Waals surface area contributed by atoms with E-state index in [2.05, 4.69) is 10.3 Å². The first-order valence-corrected chi connectivity index (χ1v) is 9.79. The van der Waals surface area contributed by atoms with Crippen LogP contribution in [0.15, 0.2) is 54.7 Å². The van der Waals surface area contributed by atoms with Crippen LogP contribution in [0.5, 0.6) is 0 Å². The monoisotopic (exact) mass is 389 g/mol. The number of hydrogen-bond acceptors (Lipinski definition) is 3. The third kappa shape index (κ3) is 4.06. The van der Waals surface area contributed by atoms with E-state index in [1.54, 1.807) is 29.2 Å². The molecule has 0 bridgehead atoms. The minimum atomic E-state index is -0.275. The van der Waals surface area contributed by atoms with Crippen LogP contribution in [0.1, 0.15) is 40.5 Å². The minimum Gasteiger partial charge on any atom is -0.361 e. The number of anilines is 1. The van der Waals surface area contributed by atoms with Crippen LogP contribution < -0.4 is 5.32 Å². The van der Waals surface area contributed by atoms with Gasteiger partial charge in [0.15, 0.2) is 5.78 Å². The molecular formula is C23H23N3O3. The van der Waals surface area contributed by atoms with E-state index in [1.807, 2.05) is 30.5 Å². The second kappa shape index (κ2) is 7.91. The van der Waals surface area contributed by atoms with Crippen molar-refractivity contribution in [2.45, 2.75) is 19.8 Å². The molecule has 0 saturated carbocycles. The summed E-state index contributed by atoms with van der Waals surface area (Å²) in [6.07, 6.45) is 3.36. The molecule has 1 saturated heterocycles. The Kier molecular flexibility index (Phi) is 5.16. The summed E-state index contributed by atoms with van der Waals surface area (Å²) in [5.74, 6) is -0.502. The van der Waals surface area contributed by atoms with Gasteiger partial charge in [0.05, 0.1) is 5.92 Å². The van der Waals surface area contributed by atoms with Crippen molar-refractivity contribution < 1.29 is 14.4 Å². The van der Waals surface area contributed by atoms with E-state index in [0.717, 1.165) is 23.7 Å². The number of nitrogens with one attached hydrogen (secondary N) is 2. The predicted molar refractivity (Wildman–Crippen MR) is 112 cm³/mol. The standard InChI is InChI=1S/C23H23N3O3/c1-15(27)17-4-2-6-20(12-17)25-22(28)19-5-3-11-26(14-19)23(29)18-8-7-16-9-10-24-21(16)13-18/h2,4,6-10,12-13,19,24H,3,5,11,14H2,1H3,(H,25,28)/t19-/m0/s1. The second-order valence-electron chi connectivity index (χ2n) is 7.50. The highest BCUT2D eigenvalue weighted by Crippen LogP contribution is 2.22. The van der Waals surface area contributed by atoms with Gasteiger partial charge in [-0.25, -0.2) is 0 Å². The molecule has 2 N–H and O–H groups in total. The highest BCUT2D eigenvalue weighted by atomic mass is 16.2. The first-order valence-electron chi connectivity index (χ1n) is 9.79. The molecule has 0 unspecified atom stereocenters. The molecule has 29 heavy (non-hydrogen) atoms. The van der Waals surface area contributed by atoms with E-state index in [4.69, 9.17) is 0 Å². The quantitative estimate of drug-likeness (QED) is 0.665. The van der Waals surface area contributed by atoms with Gasteiger partial charge in [0.1, 0.15) is 0 Å². The number of ketones is 1. The zero-order valence-electron chi connectivity index (χ0n) is 16.3. The molecule has 2 aromatic carbocycles. The first-order chi connectivity index (χ1) is 14.0. The van der Waals surface area contributed by atoms with Crippen LogP contribution in [-0.4, -0.2) is 40.6 Å². The highest BCUT2D eigenvalue weighted by Gasteiger charge is 2.29. The topological polar surface area (TPSA) is 82.3 Å². The van der Waals surface area contributed by atoms with Crippen molar-refractivity contribution in [2.24, 2.45) is 5.92 Å². The van der Waals surface area contributed by atoms with Gasteiger partial charge in [-0.1, -0.05) is 18.2 Å². The highest BCUT2D eigenvalue weighted by molar-refractivity contribution is 5.99. The molecule has 1 aromatic heterocycles. The van der Waals surface area contributed by atoms with Crippen LogP contribution in [0.4, 0.5) is 5.69 Å². The summed E-state index contributed by atoms with van der Waals surface area (Å²) in [5, 5.41) is 3.95. The Bertz CT molecular complexity index is 1090. The third-order valence-electron chi connectivity index (χ3n) is 5.42. The number of Topliss-reactive ketones (excluding diaryl/α,β-unsaturated/α-hetero) is 1. The Morgan fingerprint density at radius 3 is 2.76 bits per heavy atom. The fourth-order valence-corrected chi connectivity index (χ4v) is 3.80. The Hall–Kier alpha value is -3.41. The number of hydrogen-bond donors (Lipinski definition) is 2. The van der Waals surface area contributed by atoms with Crippen molar-refractivity contribution >= 4 is 34.2 Å². The zero-order valence-corrected chi connectivity index (χ0v) is 16.3. The molecule has 1 atom stereocenters. The van der Waals surface area contributed by atoms with E-state index < -0.39 is 0 Å². The van der Waals surface area contributed by atoms with Crippen molar-refractivity contribution in [1.29, 1.82) is 0 Å². The summed E-state index contributed by atoms with van der Waals surface area (Å²) in [7, 11) is 0. The lowest BCUT2D eigenvalue weighted by atomic mass is 9.96. The number of amides is 2. The van der Waals surface area contributed by atoms with Gasteiger partial charge >= 0.3 is 0 Å². The van der Waals surface area contributed by atoms with Gasteiger partial charge in [-0.15, -0.1) is 0 Å². The third-order valence-corrected chi connectivity index (χ3v) is 5.42. The smallest absolute Gasteiger partial charge is 0.253 e. The van der Waals surface area contributed by atoms with Gasteiger partial charge < -0.3 is 15.2 Å². The number of carbonyl (C=O) groups is 3. The lowest BCUT2D eigenvalue weighted by molar-refractivity contribution is -0.121. The second-order valence-corrected chi connectivity index (χ2v) is 7.50. The summed E-state index contributed by atoms with van der Waals surface area (Å²) in [5.41, 5.74) is 2.70. The van der Waals surface area contributed by atoms with E-state index in [1.165, 1.54) is 6.92 Å². The number of carbonyl (C=O) groups excluding carboxylic acids is 3. The number of nitrogens with zero attached hydrogens (tertiary/aromatic N) is 1. The Balaban J connectivity index is 1.44. The molecule has 0 radical (unpaired) electrons. The van der Waals surface area contributed by atoms with Crippen LogP contribution in [0.3, 0.4) is 0 Å². The Morgan fingerprint density at radius 1 is 1.07 bits per heavy atom. The van der Waals surface area contributed by atoms with Gasteiger partial charge in [-0.3, -0.25) is 14.4 Å². The maximum absolute atomic E-state index is 13.0. The van der Waals surface area contributed by atoms with E-state index in [9.17, 15) is 14.4 Å². The summed E-state index contributed by atoms with van der Waals surface area (Å²) in [4.78, 5) is 42.1. The number of likely N-dealkylation sites (tertiary alicyclic amines) is 1. The van der Waals surface area contributed by atoms with Gasteiger partial charge in [0.25, 0.3) is 5.91 Å². The van der Waals surface area contributed by atoms with Crippen LogP contribution in [0.2, 0.25) is 0 Å². The van der Waals surface area contributed by atoms with E-state index in [-0.39, 0.29) is 23.5 Å². The Labute approximate surface area is 168 Å². The zero-order chi connectivity index (χ0) is 20.4. The predicted octanol–water partition coefficient (Wildman–Crippen LogP) is 3.86. The molecule has 3 aromatic rings. The molecule has 4 rings (SSSR count). The average molecular weight is 389 g/mol. The molecule has 0 spiro atoms. The molecule has 1 fully saturated rings. The van der Waals surface area contributed by atoms with Crippen molar-refractivity contribution in [3.8, 4) is 0 Å². The summed E-state index contributed by atoms with van der Waals surface area (Å²) >= 11 is 0. The number of fused-ring (bicyclic) bond motifs is 1. The molecule has 148 valence electrons. The van der Waals surface area contributed by atoms with Gasteiger partial charge in [0.2, 0.25) is 5.91 Å². The molecule has 1 aliphatic heterocycles. The lowest BCUT2D eigenvalue weighted by Gasteiger charge is -2.32. The van der Waals surface area contributed by atoms with Crippen molar-refractivity contribution in [3.63, 3.8) is 0 Å². The summed E-state index contributed by atoms with van der Waals surface area (Å²) < 4.78 is 0. The van der Waals surface area contributed by atoms with Crippen molar-refractivity contribution in [2.75, 3.05) is 18.4 Å². The first kappa shape index (κ1) is 18.9. The Morgan fingerprint density at radius 2 is 1.93 bits per heavy atom. The molecule has 6 heteroatoms. The van der Waals surface area contributed by atoms with Crippen molar-refractivity contribution in [3.05, 3.63) is 65.9 Å². The fourth-order valence-electron chi connectivity index (χ4n) is 3.80. The maximum atomic E-state index is 13.0. The van der Waals surface area contributed by atoms with Crippen LogP contribution in [0.25, 0.3) is 10.9 Å². The summed E-state index contributed by atoms with van der Waals surface area (Å²) in [6, 6.07) is 14.5. The normalized spacial score (nSPS) is 16.6. The van der Waals surface area contributed by atoms with Gasteiger partial charge in [-0.2, -0.15) is 0 Å². The van der Waals surface area contributed by atoms with E-state index >= 15 is 0 Å². The van der Waals surface area contributed by atoms with Gasteiger partial charge in [0, 0.05) is 41.6 Å². The summed E-state index contributed by atoms with van der Waals surface area (Å²) in [6.45, 7) is 2.53. The van der Waals surface area contributed by atoms with Crippen LogP contribution >= 0.6 is 0 Å². The molecule has 2 heterocycles. The molecule has 6 nitrogen and oxygen atoms in total. The number of aromatic nitrogens is 1. The largest absolute Gasteiger partial charge is 0.361 e. The van der Waals surface area contributed by atoms with Crippen molar-refractivity contribution in [1.82, 2.24) is 9.88 Å². The van der Waals surface area contributed by atoms with Crippen LogP contribution in [-0.2, 0) is 4.79 Å². The molecule has 0 aliphatic carbocycles. The number of H-pyrrole nitrogens is 1. The number of benzene rings is 2. The molecular weight excluding hydrogens is 366 g/mol.